The zero-order valence-corrected chi connectivity index (χ0v) is 14.3. The summed E-state index contributed by atoms with van der Waals surface area (Å²) < 4.78 is 6.27. The van der Waals surface area contributed by atoms with E-state index in [-0.39, 0.29) is 5.91 Å². The van der Waals surface area contributed by atoms with E-state index in [1.807, 2.05) is 25.1 Å². The Morgan fingerprint density at radius 2 is 2.09 bits per heavy atom. The predicted octanol–water partition coefficient (Wildman–Crippen LogP) is 2.76. The van der Waals surface area contributed by atoms with Crippen molar-refractivity contribution in [2.24, 2.45) is 0 Å². The molecule has 120 valence electrons. The van der Waals surface area contributed by atoms with E-state index in [2.05, 4.69) is 31.2 Å². The van der Waals surface area contributed by atoms with Crippen molar-refractivity contribution in [1.29, 1.82) is 0 Å². The van der Waals surface area contributed by atoms with Crippen molar-refractivity contribution in [3.63, 3.8) is 0 Å². The number of ether oxygens (including phenoxy) is 1. The van der Waals surface area contributed by atoms with Crippen LogP contribution in [0.3, 0.4) is 0 Å². The summed E-state index contributed by atoms with van der Waals surface area (Å²) in [4.78, 5) is 22.7. The molecule has 23 heavy (non-hydrogen) atoms. The van der Waals surface area contributed by atoms with Crippen molar-refractivity contribution < 1.29 is 9.53 Å². The maximum Gasteiger partial charge on any atom is 0.272 e. The van der Waals surface area contributed by atoms with Gasteiger partial charge in [-0.05, 0) is 30.7 Å². The summed E-state index contributed by atoms with van der Waals surface area (Å²) in [5.41, 5.74) is 2.39. The van der Waals surface area contributed by atoms with Crippen LogP contribution in [0.2, 0.25) is 0 Å². The molecule has 0 spiro atoms. The van der Waals surface area contributed by atoms with Crippen LogP contribution in [0.1, 0.15) is 16.1 Å². The van der Waals surface area contributed by atoms with Gasteiger partial charge in [0.1, 0.15) is 5.69 Å². The molecule has 1 aromatic heterocycles. The Hall–Kier alpha value is -1.99. The molecule has 7 heteroatoms. The third-order valence-corrected chi connectivity index (χ3v) is 4.46. The minimum absolute atomic E-state index is 0.0937. The summed E-state index contributed by atoms with van der Waals surface area (Å²) in [6.45, 7) is 4.34. The molecule has 0 unspecified atom stereocenters. The summed E-state index contributed by atoms with van der Waals surface area (Å²) in [6.07, 6.45) is 1.59. The SMILES string of the molecule is Cc1ccc(Nc2nccc(C(=O)N3CCOCC3)n2)cc1Br. The highest BCUT2D eigenvalue weighted by Crippen LogP contribution is 2.22. The maximum absolute atomic E-state index is 12.4. The van der Waals surface area contributed by atoms with Gasteiger partial charge in [0.05, 0.1) is 13.2 Å². The van der Waals surface area contributed by atoms with Gasteiger partial charge in [-0.15, -0.1) is 0 Å². The number of nitrogens with one attached hydrogen (secondary N) is 1. The average molecular weight is 377 g/mol. The lowest BCUT2D eigenvalue weighted by molar-refractivity contribution is 0.0299. The third-order valence-electron chi connectivity index (χ3n) is 3.60. The smallest absolute Gasteiger partial charge is 0.272 e. The fraction of sp³-hybridized carbons (Fsp3) is 0.312. The maximum atomic E-state index is 12.4. The van der Waals surface area contributed by atoms with Gasteiger partial charge in [-0.1, -0.05) is 22.0 Å². The van der Waals surface area contributed by atoms with Crippen LogP contribution in [0.25, 0.3) is 0 Å². The number of carbonyl (C=O) groups excluding carboxylic acids is 1. The average Bonchev–Trinajstić information content (AvgIpc) is 2.58. The molecule has 1 aliphatic heterocycles. The number of hydrogen-bond donors (Lipinski definition) is 1. The summed E-state index contributed by atoms with van der Waals surface area (Å²) in [5.74, 6) is 0.309. The summed E-state index contributed by atoms with van der Waals surface area (Å²) in [7, 11) is 0. The summed E-state index contributed by atoms with van der Waals surface area (Å²) >= 11 is 3.50. The molecule has 1 aromatic carbocycles. The number of rotatable bonds is 3. The Labute approximate surface area is 143 Å². The van der Waals surface area contributed by atoms with Crippen LogP contribution in [0.5, 0.6) is 0 Å². The first-order valence-electron chi connectivity index (χ1n) is 7.37. The number of anilines is 2. The van der Waals surface area contributed by atoms with Crippen molar-refractivity contribution in [2.45, 2.75) is 6.92 Å². The first-order chi connectivity index (χ1) is 11.1. The molecular weight excluding hydrogens is 360 g/mol. The van der Waals surface area contributed by atoms with Crippen LogP contribution in [-0.4, -0.2) is 47.1 Å². The number of aromatic nitrogens is 2. The zero-order valence-electron chi connectivity index (χ0n) is 12.8. The summed E-state index contributed by atoms with van der Waals surface area (Å²) in [5, 5.41) is 3.12. The normalized spacial score (nSPS) is 14.6. The zero-order chi connectivity index (χ0) is 16.2. The molecule has 2 aromatic rings. The Bertz CT molecular complexity index is 717. The monoisotopic (exact) mass is 376 g/mol. The van der Waals surface area contributed by atoms with Crippen molar-refractivity contribution in [2.75, 3.05) is 31.6 Å². The van der Waals surface area contributed by atoms with Crippen molar-refractivity contribution in [3.05, 3.63) is 46.2 Å². The highest BCUT2D eigenvalue weighted by atomic mass is 79.9. The molecule has 3 rings (SSSR count). The van der Waals surface area contributed by atoms with Crippen LogP contribution in [0, 0.1) is 6.92 Å². The molecule has 0 radical (unpaired) electrons. The standard InChI is InChI=1S/C16H17BrN4O2/c1-11-2-3-12(10-13(11)17)19-16-18-5-4-14(20-16)15(22)21-6-8-23-9-7-21/h2-5,10H,6-9H2,1H3,(H,18,19,20). The van der Waals surface area contributed by atoms with E-state index in [1.54, 1.807) is 17.2 Å². The first kappa shape index (κ1) is 15.9. The second-order valence-corrected chi connectivity index (χ2v) is 6.11. The molecule has 1 amide bonds. The molecule has 1 aliphatic rings. The van der Waals surface area contributed by atoms with Gasteiger partial charge in [-0.25, -0.2) is 9.97 Å². The summed E-state index contributed by atoms with van der Waals surface area (Å²) in [6, 6.07) is 7.53. The van der Waals surface area contributed by atoms with E-state index < -0.39 is 0 Å². The molecule has 0 bridgehead atoms. The number of hydrogen-bond acceptors (Lipinski definition) is 5. The lowest BCUT2D eigenvalue weighted by atomic mass is 10.2. The van der Waals surface area contributed by atoms with E-state index in [4.69, 9.17) is 4.74 Å². The van der Waals surface area contributed by atoms with Gasteiger partial charge < -0.3 is 15.0 Å². The van der Waals surface area contributed by atoms with Crippen LogP contribution in [-0.2, 0) is 4.74 Å². The highest BCUT2D eigenvalue weighted by Gasteiger charge is 2.20. The number of amides is 1. The Balaban J connectivity index is 1.76. The fourth-order valence-electron chi connectivity index (χ4n) is 2.27. The van der Waals surface area contributed by atoms with Crippen LogP contribution < -0.4 is 5.32 Å². The molecule has 6 nitrogen and oxygen atoms in total. The van der Waals surface area contributed by atoms with Crippen molar-refractivity contribution in [1.82, 2.24) is 14.9 Å². The predicted molar refractivity (Wildman–Crippen MR) is 90.9 cm³/mol. The van der Waals surface area contributed by atoms with Gasteiger partial charge in [0.25, 0.3) is 5.91 Å². The van der Waals surface area contributed by atoms with Gasteiger partial charge in [0, 0.05) is 29.4 Å². The quantitative estimate of drug-likeness (QED) is 0.891. The molecule has 1 fully saturated rings. The van der Waals surface area contributed by atoms with Gasteiger partial charge in [-0.2, -0.15) is 0 Å². The number of aryl methyl sites for hydroxylation is 1. The first-order valence-corrected chi connectivity index (χ1v) is 8.16. The molecule has 0 atom stereocenters. The van der Waals surface area contributed by atoms with Gasteiger partial charge in [0.15, 0.2) is 0 Å². The molecule has 1 saturated heterocycles. The minimum Gasteiger partial charge on any atom is -0.378 e. The largest absolute Gasteiger partial charge is 0.378 e. The van der Waals surface area contributed by atoms with E-state index >= 15 is 0 Å². The van der Waals surface area contributed by atoms with E-state index in [1.165, 1.54) is 0 Å². The number of halogens is 1. The van der Waals surface area contributed by atoms with Crippen molar-refractivity contribution >= 4 is 33.5 Å². The van der Waals surface area contributed by atoms with Crippen molar-refractivity contribution in [3.8, 4) is 0 Å². The minimum atomic E-state index is -0.0937. The Kier molecular flexibility index (Phi) is 4.88. The van der Waals surface area contributed by atoms with Crippen LogP contribution >= 0.6 is 15.9 Å². The molecule has 2 heterocycles. The van der Waals surface area contributed by atoms with Gasteiger partial charge in [0.2, 0.25) is 5.95 Å². The molecule has 0 saturated carbocycles. The number of nitrogens with zero attached hydrogens (tertiary/aromatic N) is 3. The van der Waals surface area contributed by atoms with Gasteiger partial charge >= 0.3 is 0 Å². The van der Waals surface area contributed by atoms with E-state index in [9.17, 15) is 4.79 Å². The topological polar surface area (TPSA) is 67.4 Å². The number of morpholine rings is 1. The van der Waals surface area contributed by atoms with Crippen LogP contribution in [0.15, 0.2) is 34.9 Å². The van der Waals surface area contributed by atoms with E-state index in [0.29, 0.717) is 37.9 Å². The number of carbonyl (C=O) groups is 1. The fourth-order valence-corrected chi connectivity index (χ4v) is 2.64. The third kappa shape index (κ3) is 3.86. The second kappa shape index (κ2) is 7.06. The number of benzene rings is 1. The molecule has 1 N–H and O–H groups in total. The van der Waals surface area contributed by atoms with Crippen LogP contribution in [0.4, 0.5) is 11.6 Å². The highest BCUT2D eigenvalue weighted by molar-refractivity contribution is 9.10. The van der Waals surface area contributed by atoms with E-state index in [0.717, 1.165) is 15.7 Å². The Morgan fingerprint density at radius 1 is 1.30 bits per heavy atom. The lowest BCUT2D eigenvalue weighted by Gasteiger charge is -2.26. The van der Waals surface area contributed by atoms with Gasteiger partial charge in [-0.3, -0.25) is 4.79 Å². The molecule has 0 aliphatic carbocycles. The Morgan fingerprint density at radius 3 is 2.83 bits per heavy atom. The molecular formula is C16H17BrN4O2. The second-order valence-electron chi connectivity index (χ2n) is 5.26. The lowest BCUT2D eigenvalue weighted by Crippen LogP contribution is -2.41.